The summed E-state index contributed by atoms with van der Waals surface area (Å²) in [5.74, 6) is -0.833. The van der Waals surface area contributed by atoms with E-state index in [-0.39, 0.29) is 11.4 Å². The van der Waals surface area contributed by atoms with Crippen molar-refractivity contribution in [1.29, 1.82) is 0 Å². The van der Waals surface area contributed by atoms with Gasteiger partial charge in [-0.3, -0.25) is 0 Å². The summed E-state index contributed by atoms with van der Waals surface area (Å²) in [6.07, 6.45) is 1.58. The molecule has 0 saturated carbocycles. The lowest BCUT2D eigenvalue weighted by atomic mass is 10.2. The number of ether oxygens (including phenoxy) is 1. The molecule has 2 aromatic rings. The van der Waals surface area contributed by atoms with E-state index in [1.807, 2.05) is 6.92 Å². The molecule has 18 heavy (non-hydrogen) atoms. The zero-order valence-corrected chi connectivity index (χ0v) is 10.1. The Labute approximate surface area is 104 Å². The molecule has 1 heterocycles. The number of carbonyl (C=O) groups is 1. The molecular weight excluding hydrogens is 233 g/mol. The monoisotopic (exact) mass is 245 g/mol. The number of nitrogens with zero attached hydrogens (tertiary/aromatic N) is 1. The Kier molecular flexibility index (Phi) is 3.37. The molecule has 0 atom stereocenters. The van der Waals surface area contributed by atoms with Crippen LogP contribution >= 0.6 is 0 Å². The SMILES string of the molecule is Cc1ccc(C(=O)Oc2ccc(C)c(F)c2)nc1. The van der Waals surface area contributed by atoms with E-state index < -0.39 is 11.8 Å². The summed E-state index contributed by atoms with van der Waals surface area (Å²) in [6.45, 7) is 3.51. The number of benzene rings is 1. The van der Waals surface area contributed by atoms with E-state index in [4.69, 9.17) is 4.74 Å². The Morgan fingerprint density at radius 3 is 2.61 bits per heavy atom. The van der Waals surface area contributed by atoms with E-state index in [1.165, 1.54) is 6.07 Å². The van der Waals surface area contributed by atoms with Gasteiger partial charge in [0.2, 0.25) is 0 Å². The molecule has 0 bridgehead atoms. The minimum atomic E-state index is -0.599. The van der Waals surface area contributed by atoms with Crippen molar-refractivity contribution in [3.8, 4) is 5.75 Å². The Balaban J connectivity index is 2.16. The van der Waals surface area contributed by atoms with Gasteiger partial charge in [-0.2, -0.15) is 0 Å². The smallest absolute Gasteiger partial charge is 0.362 e. The van der Waals surface area contributed by atoms with E-state index in [9.17, 15) is 9.18 Å². The normalized spacial score (nSPS) is 10.2. The maximum Gasteiger partial charge on any atom is 0.362 e. The van der Waals surface area contributed by atoms with Gasteiger partial charge in [-0.05, 0) is 37.1 Å². The standard InChI is InChI=1S/C14H12FNO2/c1-9-3-6-13(16-8-9)14(17)18-11-5-4-10(2)12(15)7-11/h3-8H,1-2H3. The number of carbonyl (C=O) groups excluding carboxylic acids is 1. The average molecular weight is 245 g/mol. The predicted octanol–water partition coefficient (Wildman–Crippen LogP) is 3.06. The predicted molar refractivity (Wildman–Crippen MR) is 65.1 cm³/mol. The molecule has 1 aromatic heterocycles. The van der Waals surface area contributed by atoms with Crippen LogP contribution in [0.5, 0.6) is 5.75 Å². The van der Waals surface area contributed by atoms with Crippen molar-refractivity contribution in [1.82, 2.24) is 4.98 Å². The van der Waals surface area contributed by atoms with Crippen LogP contribution in [0, 0.1) is 19.7 Å². The van der Waals surface area contributed by atoms with Crippen molar-refractivity contribution in [3.63, 3.8) is 0 Å². The Hall–Kier alpha value is -2.23. The summed E-state index contributed by atoms with van der Waals surface area (Å²) in [4.78, 5) is 15.7. The van der Waals surface area contributed by atoms with Crippen LogP contribution in [0.1, 0.15) is 21.6 Å². The van der Waals surface area contributed by atoms with Gasteiger partial charge in [-0.1, -0.05) is 12.1 Å². The largest absolute Gasteiger partial charge is 0.422 e. The number of esters is 1. The van der Waals surface area contributed by atoms with Gasteiger partial charge >= 0.3 is 5.97 Å². The van der Waals surface area contributed by atoms with Crippen molar-refractivity contribution in [3.05, 3.63) is 59.2 Å². The quantitative estimate of drug-likeness (QED) is 0.603. The van der Waals surface area contributed by atoms with Gasteiger partial charge in [0.15, 0.2) is 0 Å². The number of hydrogen-bond acceptors (Lipinski definition) is 3. The molecule has 92 valence electrons. The summed E-state index contributed by atoms with van der Waals surface area (Å²) in [5.41, 5.74) is 1.65. The number of hydrogen-bond donors (Lipinski definition) is 0. The summed E-state index contributed by atoms with van der Waals surface area (Å²) in [5, 5.41) is 0. The van der Waals surface area contributed by atoms with Crippen molar-refractivity contribution in [2.75, 3.05) is 0 Å². The molecule has 0 spiro atoms. The molecule has 3 nitrogen and oxygen atoms in total. The van der Waals surface area contributed by atoms with Gasteiger partial charge in [0.1, 0.15) is 17.3 Å². The molecule has 4 heteroatoms. The van der Waals surface area contributed by atoms with Crippen LogP contribution in [-0.4, -0.2) is 11.0 Å². The highest BCUT2D eigenvalue weighted by Crippen LogP contribution is 2.17. The zero-order chi connectivity index (χ0) is 13.1. The lowest BCUT2D eigenvalue weighted by Crippen LogP contribution is -2.10. The Bertz CT molecular complexity index is 579. The second kappa shape index (κ2) is 4.96. The van der Waals surface area contributed by atoms with Crippen LogP contribution in [0.25, 0.3) is 0 Å². The molecule has 0 amide bonds. The third-order valence-electron chi connectivity index (χ3n) is 2.47. The Morgan fingerprint density at radius 2 is 2.00 bits per heavy atom. The molecule has 0 radical (unpaired) electrons. The van der Waals surface area contributed by atoms with Gasteiger partial charge in [0, 0.05) is 12.3 Å². The van der Waals surface area contributed by atoms with Crippen molar-refractivity contribution in [2.45, 2.75) is 13.8 Å². The lowest BCUT2D eigenvalue weighted by molar-refractivity contribution is 0.0728. The zero-order valence-electron chi connectivity index (χ0n) is 10.1. The van der Waals surface area contributed by atoms with E-state index in [0.717, 1.165) is 5.56 Å². The van der Waals surface area contributed by atoms with Gasteiger partial charge < -0.3 is 4.74 Å². The fourth-order valence-electron chi connectivity index (χ4n) is 1.38. The van der Waals surface area contributed by atoms with Crippen LogP contribution in [-0.2, 0) is 0 Å². The molecule has 0 N–H and O–H groups in total. The molecule has 1 aromatic carbocycles. The molecule has 0 aliphatic rings. The minimum absolute atomic E-state index is 0.172. The van der Waals surface area contributed by atoms with Gasteiger partial charge in [-0.25, -0.2) is 14.2 Å². The van der Waals surface area contributed by atoms with Crippen LogP contribution in [0.4, 0.5) is 4.39 Å². The minimum Gasteiger partial charge on any atom is -0.422 e. The first kappa shape index (κ1) is 12.2. The van der Waals surface area contributed by atoms with E-state index >= 15 is 0 Å². The van der Waals surface area contributed by atoms with E-state index in [2.05, 4.69) is 4.98 Å². The fraction of sp³-hybridized carbons (Fsp3) is 0.143. The number of aromatic nitrogens is 1. The Morgan fingerprint density at radius 1 is 1.22 bits per heavy atom. The summed E-state index contributed by atoms with van der Waals surface area (Å²) >= 11 is 0. The molecule has 0 unspecified atom stereocenters. The third-order valence-corrected chi connectivity index (χ3v) is 2.47. The number of rotatable bonds is 2. The van der Waals surface area contributed by atoms with Gasteiger partial charge in [-0.15, -0.1) is 0 Å². The van der Waals surface area contributed by atoms with Crippen LogP contribution in [0.3, 0.4) is 0 Å². The molecule has 0 saturated heterocycles. The second-order valence-electron chi connectivity index (χ2n) is 4.02. The molecule has 0 aliphatic carbocycles. The lowest BCUT2D eigenvalue weighted by Gasteiger charge is -2.05. The average Bonchev–Trinajstić information content (AvgIpc) is 2.34. The van der Waals surface area contributed by atoms with Crippen molar-refractivity contribution < 1.29 is 13.9 Å². The fourth-order valence-corrected chi connectivity index (χ4v) is 1.38. The maximum absolute atomic E-state index is 13.3. The van der Waals surface area contributed by atoms with E-state index in [1.54, 1.807) is 37.4 Å². The molecule has 0 aliphatic heterocycles. The number of halogens is 1. The highest BCUT2D eigenvalue weighted by molar-refractivity contribution is 5.88. The van der Waals surface area contributed by atoms with Crippen LogP contribution in [0.2, 0.25) is 0 Å². The van der Waals surface area contributed by atoms with E-state index in [0.29, 0.717) is 5.56 Å². The molecular formula is C14H12FNO2. The third kappa shape index (κ3) is 2.71. The maximum atomic E-state index is 13.3. The molecule has 0 fully saturated rings. The summed E-state index contributed by atoms with van der Waals surface area (Å²) < 4.78 is 18.3. The topological polar surface area (TPSA) is 39.2 Å². The van der Waals surface area contributed by atoms with Crippen molar-refractivity contribution >= 4 is 5.97 Å². The number of aryl methyl sites for hydroxylation is 2. The first-order chi connectivity index (χ1) is 8.56. The highest BCUT2D eigenvalue weighted by Gasteiger charge is 2.10. The first-order valence-corrected chi connectivity index (χ1v) is 5.47. The summed E-state index contributed by atoms with van der Waals surface area (Å²) in [7, 11) is 0. The van der Waals surface area contributed by atoms with Crippen LogP contribution < -0.4 is 4.74 Å². The summed E-state index contributed by atoms with van der Waals surface area (Å²) in [6, 6.07) is 7.62. The first-order valence-electron chi connectivity index (χ1n) is 5.47. The number of pyridine rings is 1. The van der Waals surface area contributed by atoms with Gasteiger partial charge in [0.25, 0.3) is 0 Å². The van der Waals surface area contributed by atoms with Gasteiger partial charge in [0.05, 0.1) is 0 Å². The highest BCUT2D eigenvalue weighted by atomic mass is 19.1. The second-order valence-corrected chi connectivity index (χ2v) is 4.02. The molecule has 2 rings (SSSR count). The van der Waals surface area contributed by atoms with Crippen LogP contribution in [0.15, 0.2) is 36.5 Å². The van der Waals surface area contributed by atoms with Crippen molar-refractivity contribution in [2.24, 2.45) is 0 Å².